The van der Waals surface area contributed by atoms with E-state index in [1.54, 1.807) is 24.3 Å². The van der Waals surface area contributed by atoms with Gasteiger partial charge in [-0.05, 0) is 92.1 Å². The van der Waals surface area contributed by atoms with Crippen LogP contribution in [0.2, 0.25) is 0 Å². The first-order valence-electron chi connectivity index (χ1n) is 14.9. The van der Waals surface area contributed by atoms with Gasteiger partial charge in [-0.1, -0.05) is 44.2 Å². The lowest BCUT2D eigenvalue weighted by molar-refractivity contribution is -0.205. The van der Waals surface area contributed by atoms with Gasteiger partial charge in [-0.2, -0.15) is 0 Å². The maximum Gasteiger partial charge on any atom is 0.341 e. The molecule has 3 heterocycles. The summed E-state index contributed by atoms with van der Waals surface area (Å²) in [5.74, 6) is -2.08. The molecule has 0 bridgehead atoms. The largest absolute Gasteiger partial charge is 0.508 e. The normalized spacial score (nSPS) is 29.7. The van der Waals surface area contributed by atoms with Crippen LogP contribution in [0.5, 0.6) is 11.5 Å². The number of phenols is 2. The molecule has 2 aromatic rings. The zero-order valence-electron chi connectivity index (χ0n) is 25.5. The Kier molecular flexibility index (Phi) is 9.69. The van der Waals surface area contributed by atoms with Gasteiger partial charge in [-0.25, -0.2) is 4.79 Å². The number of cyclic esters (lactones) is 1. The van der Waals surface area contributed by atoms with Crippen molar-refractivity contribution in [2.75, 3.05) is 19.7 Å². The molecule has 43 heavy (non-hydrogen) atoms. The smallest absolute Gasteiger partial charge is 0.341 e. The van der Waals surface area contributed by atoms with Crippen molar-refractivity contribution >= 4 is 23.1 Å². The third kappa shape index (κ3) is 6.49. The van der Waals surface area contributed by atoms with E-state index in [0.29, 0.717) is 6.42 Å². The molecule has 3 aliphatic heterocycles. The van der Waals surface area contributed by atoms with E-state index in [1.165, 1.54) is 25.0 Å². The Hall–Kier alpha value is -3.66. The van der Waals surface area contributed by atoms with Crippen molar-refractivity contribution in [1.82, 2.24) is 4.90 Å². The number of hydrogen-bond donors (Lipinski definition) is 4. The van der Waals surface area contributed by atoms with Crippen LogP contribution in [-0.4, -0.2) is 80.3 Å². The van der Waals surface area contributed by atoms with E-state index < -0.39 is 29.1 Å². The van der Waals surface area contributed by atoms with Crippen molar-refractivity contribution < 1.29 is 39.5 Å². The lowest BCUT2D eigenvalue weighted by atomic mass is 9.76. The van der Waals surface area contributed by atoms with Crippen LogP contribution in [0.15, 0.2) is 60.2 Å². The highest BCUT2D eigenvalue weighted by Crippen LogP contribution is 2.37. The number of aliphatic hydroxyl groups is 2. The third-order valence-corrected chi connectivity index (χ3v) is 9.13. The number of carbonyl (C=O) groups is 2. The zero-order valence-corrected chi connectivity index (χ0v) is 25.5. The quantitative estimate of drug-likeness (QED) is 0.230. The van der Waals surface area contributed by atoms with Crippen molar-refractivity contribution in [3.8, 4) is 11.5 Å². The van der Waals surface area contributed by atoms with Crippen molar-refractivity contribution in [2.24, 2.45) is 5.92 Å². The van der Waals surface area contributed by atoms with E-state index in [-0.39, 0.29) is 30.3 Å². The Morgan fingerprint density at radius 1 is 0.907 bits per heavy atom. The van der Waals surface area contributed by atoms with Crippen LogP contribution >= 0.6 is 0 Å². The minimum Gasteiger partial charge on any atom is -0.508 e. The molecule has 0 spiro atoms. The second-order valence-electron chi connectivity index (χ2n) is 11.8. The number of aromatic hydroxyl groups is 2. The summed E-state index contributed by atoms with van der Waals surface area (Å²) < 4.78 is 10.8. The standard InChI is InChI=1S/C18H20O2.C16H23NO6/c1-3-17(13-5-9-15(19)10-6-13)18(4-2)14-7-11-16(20)12-8-14;1-9-13(18)23-11-5-7-17-6-4-10(12(11)17)8-22-14(19)16(3,21)15(9,2)20/h5-12,19-20H,3-4H2,1-2H3;4,9,11-12,20-21H,5-8H2,1-3H3/b18-17+;/t;9-,11+,12+,15+,16-/m.0/s1. The lowest BCUT2D eigenvalue weighted by Crippen LogP contribution is -2.61. The highest BCUT2D eigenvalue weighted by atomic mass is 16.6. The van der Waals surface area contributed by atoms with Crippen LogP contribution in [0, 0.1) is 5.92 Å². The van der Waals surface area contributed by atoms with E-state index in [9.17, 15) is 30.0 Å². The summed E-state index contributed by atoms with van der Waals surface area (Å²) in [5, 5.41) is 39.9. The van der Waals surface area contributed by atoms with Gasteiger partial charge in [0.2, 0.25) is 0 Å². The summed E-state index contributed by atoms with van der Waals surface area (Å²) >= 11 is 0. The van der Waals surface area contributed by atoms with Crippen molar-refractivity contribution in [3.63, 3.8) is 0 Å². The molecule has 0 saturated carbocycles. The van der Waals surface area contributed by atoms with Gasteiger partial charge in [-0.3, -0.25) is 9.69 Å². The van der Waals surface area contributed by atoms with Gasteiger partial charge in [0.05, 0.1) is 12.0 Å². The number of benzene rings is 2. The average Bonchev–Trinajstić information content (AvgIpc) is 3.58. The van der Waals surface area contributed by atoms with Crippen LogP contribution in [0.3, 0.4) is 0 Å². The Morgan fingerprint density at radius 2 is 1.42 bits per heavy atom. The number of rotatable bonds is 4. The number of ether oxygens (including phenoxy) is 2. The molecule has 0 aliphatic carbocycles. The van der Waals surface area contributed by atoms with Gasteiger partial charge in [0.25, 0.3) is 0 Å². The predicted octanol–water partition coefficient (Wildman–Crippen LogP) is 4.44. The lowest BCUT2D eigenvalue weighted by Gasteiger charge is -2.39. The fourth-order valence-electron chi connectivity index (χ4n) is 6.03. The maximum atomic E-state index is 12.4. The van der Waals surface area contributed by atoms with E-state index in [2.05, 4.69) is 18.7 Å². The Morgan fingerprint density at radius 3 is 1.91 bits per heavy atom. The SMILES string of the molecule is CC/C(=C(/CC)c1ccc(O)cc1)c1ccc(O)cc1.C[C@H]1C(=O)O[C@@H]2CCN3CC=C(COC(=O)[C@](C)(O)[C@]1(C)O)[C@H]23. The molecule has 0 radical (unpaired) electrons. The van der Waals surface area contributed by atoms with Gasteiger partial charge in [0, 0.05) is 13.1 Å². The van der Waals surface area contributed by atoms with E-state index in [4.69, 9.17) is 9.47 Å². The Balaban J connectivity index is 0.000000199. The fraction of sp³-hybridized carbons (Fsp3) is 0.471. The first kappa shape index (κ1) is 32.3. The molecule has 0 amide bonds. The minimum atomic E-state index is -2.22. The van der Waals surface area contributed by atoms with Gasteiger partial charge in [-0.15, -0.1) is 0 Å². The van der Waals surface area contributed by atoms with Crippen LogP contribution in [0.25, 0.3) is 11.1 Å². The molecule has 3 aliphatic rings. The molecular formula is C34H43NO8. The molecule has 0 unspecified atom stereocenters. The number of esters is 2. The van der Waals surface area contributed by atoms with Gasteiger partial charge < -0.3 is 29.9 Å². The molecule has 9 heteroatoms. The van der Waals surface area contributed by atoms with Crippen LogP contribution < -0.4 is 0 Å². The Bertz CT molecular complexity index is 1320. The predicted molar refractivity (Wildman–Crippen MR) is 163 cm³/mol. The highest BCUT2D eigenvalue weighted by Gasteiger charge is 2.56. The van der Waals surface area contributed by atoms with Crippen LogP contribution in [0.4, 0.5) is 0 Å². The van der Waals surface area contributed by atoms with E-state index in [0.717, 1.165) is 49.6 Å². The molecule has 2 fully saturated rings. The van der Waals surface area contributed by atoms with Crippen molar-refractivity contribution in [1.29, 1.82) is 0 Å². The topological polar surface area (TPSA) is 137 Å². The van der Waals surface area contributed by atoms with Gasteiger partial charge in [0.1, 0.15) is 29.8 Å². The second kappa shape index (κ2) is 12.9. The number of phenolic OH excluding ortho intramolecular Hbond substituents is 2. The second-order valence-corrected chi connectivity index (χ2v) is 11.8. The molecular weight excluding hydrogens is 550 g/mol. The number of allylic oxidation sites excluding steroid dienone is 2. The number of nitrogens with zero attached hydrogens (tertiary/aromatic N) is 1. The molecule has 2 aromatic carbocycles. The summed E-state index contributed by atoms with van der Waals surface area (Å²) in [7, 11) is 0. The Labute approximate surface area is 253 Å². The van der Waals surface area contributed by atoms with Crippen molar-refractivity contribution in [2.45, 2.75) is 77.2 Å². The maximum absolute atomic E-state index is 12.4. The first-order chi connectivity index (χ1) is 20.3. The summed E-state index contributed by atoms with van der Waals surface area (Å²) in [6, 6.07) is 14.6. The van der Waals surface area contributed by atoms with Crippen LogP contribution in [-0.2, 0) is 19.1 Å². The minimum absolute atomic E-state index is 0.0225. The molecule has 4 N–H and O–H groups in total. The van der Waals surface area contributed by atoms with Gasteiger partial charge in [0.15, 0.2) is 5.60 Å². The summed E-state index contributed by atoms with van der Waals surface area (Å²) in [5.41, 5.74) is 1.47. The van der Waals surface area contributed by atoms with Crippen LogP contribution in [0.1, 0.15) is 65.0 Å². The molecule has 9 nitrogen and oxygen atoms in total. The molecule has 5 atom stereocenters. The van der Waals surface area contributed by atoms with Gasteiger partial charge >= 0.3 is 11.9 Å². The third-order valence-electron chi connectivity index (χ3n) is 9.13. The van der Waals surface area contributed by atoms with E-state index in [1.807, 2.05) is 30.3 Å². The first-order valence-corrected chi connectivity index (χ1v) is 14.9. The summed E-state index contributed by atoms with van der Waals surface area (Å²) in [4.78, 5) is 26.9. The molecule has 0 aromatic heterocycles. The number of carbonyl (C=O) groups excluding carboxylic acids is 2. The molecule has 2 saturated heterocycles. The fourth-order valence-corrected chi connectivity index (χ4v) is 6.03. The van der Waals surface area contributed by atoms with Crippen molar-refractivity contribution in [3.05, 3.63) is 71.3 Å². The summed E-state index contributed by atoms with van der Waals surface area (Å²) in [6.45, 7) is 9.69. The summed E-state index contributed by atoms with van der Waals surface area (Å²) in [6.07, 6.45) is 4.19. The zero-order chi connectivity index (χ0) is 31.5. The average molecular weight is 594 g/mol. The molecule has 232 valence electrons. The highest BCUT2D eigenvalue weighted by molar-refractivity contribution is 5.90. The number of hydrogen-bond acceptors (Lipinski definition) is 9. The van der Waals surface area contributed by atoms with E-state index >= 15 is 0 Å². The monoisotopic (exact) mass is 593 g/mol. The molecule has 5 rings (SSSR count).